The van der Waals surface area contributed by atoms with Crippen LogP contribution in [0.3, 0.4) is 0 Å². The minimum atomic E-state index is 1.18. The second kappa shape index (κ2) is 5.04. The first-order valence-corrected chi connectivity index (χ1v) is 3.97. The SMILES string of the molecule is C1=C\CC/C=C\CC/C=C/1. The van der Waals surface area contributed by atoms with Gasteiger partial charge < -0.3 is 0 Å². The Morgan fingerprint density at radius 1 is 0.500 bits per heavy atom. The Morgan fingerprint density at radius 3 is 1.40 bits per heavy atom. The Labute approximate surface area is 62.9 Å². The van der Waals surface area contributed by atoms with E-state index in [1.807, 2.05) is 0 Å². The van der Waals surface area contributed by atoms with Crippen LogP contribution in [0, 0.1) is 0 Å². The molecule has 0 fully saturated rings. The van der Waals surface area contributed by atoms with E-state index in [-0.39, 0.29) is 0 Å². The van der Waals surface area contributed by atoms with Crippen molar-refractivity contribution in [1.82, 2.24) is 0 Å². The Kier molecular flexibility index (Phi) is 3.69. The fourth-order valence-electron chi connectivity index (χ4n) is 0.970. The van der Waals surface area contributed by atoms with Crippen molar-refractivity contribution in [2.45, 2.75) is 25.7 Å². The second-order valence-electron chi connectivity index (χ2n) is 2.48. The van der Waals surface area contributed by atoms with E-state index < -0.39 is 0 Å². The molecule has 0 aromatic heterocycles. The fraction of sp³-hybridized carbons (Fsp3) is 0.400. The minimum absolute atomic E-state index is 1.18. The van der Waals surface area contributed by atoms with Gasteiger partial charge in [0.2, 0.25) is 0 Å². The van der Waals surface area contributed by atoms with Gasteiger partial charge in [-0.15, -0.1) is 0 Å². The molecule has 0 aliphatic heterocycles. The van der Waals surface area contributed by atoms with Crippen LogP contribution in [0.25, 0.3) is 0 Å². The fourth-order valence-corrected chi connectivity index (χ4v) is 0.970. The van der Waals surface area contributed by atoms with Gasteiger partial charge in [-0.1, -0.05) is 36.5 Å². The van der Waals surface area contributed by atoms with Crippen LogP contribution in [0.15, 0.2) is 36.5 Å². The molecule has 0 aromatic rings. The first-order valence-electron chi connectivity index (χ1n) is 3.97. The zero-order valence-corrected chi connectivity index (χ0v) is 6.29. The lowest BCUT2D eigenvalue weighted by Gasteiger charge is -1.90. The summed E-state index contributed by atoms with van der Waals surface area (Å²) in [5, 5.41) is 0. The monoisotopic (exact) mass is 134 g/mol. The van der Waals surface area contributed by atoms with Crippen molar-refractivity contribution in [3.8, 4) is 0 Å². The third-order valence-electron chi connectivity index (χ3n) is 1.55. The number of hydrogen-bond acceptors (Lipinski definition) is 0. The highest BCUT2D eigenvalue weighted by atomic mass is 13.9. The summed E-state index contributed by atoms with van der Waals surface area (Å²) in [4.78, 5) is 0. The Balaban J connectivity index is 2.38. The van der Waals surface area contributed by atoms with Gasteiger partial charge >= 0.3 is 0 Å². The molecule has 54 valence electrons. The van der Waals surface area contributed by atoms with Crippen molar-refractivity contribution in [2.75, 3.05) is 0 Å². The minimum Gasteiger partial charge on any atom is -0.0882 e. The van der Waals surface area contributed by atoms with Gasteiger partial charge in [-0.2, -0.15) is 0 Å². The van der Waals surface area contributed by atoms with Gasteiger partial charge in [-0.25, -0.2) is 0 Å². The van der Waals surface area contributed by atoms with Gasteiger partial charge in [0.1, 0.15) is 0 Å². The maximum Gasteiger partial charge on any atom is -0.0313 e. The van der Waals surface area contributed by atoms with Crippen LogP contribution in [0.4, 0.5) is 0 Å². The van der Waals surface area contributed by atoms with Crippen LogP contribution in [-0.4, -0.2) is 0 Å². The van der Waals surface area contributed by atoms with Crippen LogP contribution in [0.5, 0.6) is 0 Å². The van der Waals surface area contributed by atoms with E-state index in [9.17, 15) is 0 Å². The molecule has 1 aliphatic carbocycles. The first-order chi connectivity index (χ1) is 5.00. The van der Waals surface area contributed by atoms with Gasteiger partial charge in [0.05, 0.1) is 0 Å². The van der Waals surface area contributed by atoms with Crippen LogP contribution in [-0.2, 0) is 0 Å². The molecular formula is C10H14. The zero-order chi connectivity index (χ0) is 7.07. The Bertz CT molecular complexity index is 131. The van der Waals surface area contributed by atoms with E-state index in [0.717, 1.165) is 0 Å². The third-order valence-corrected chi connectivity index (χ3v) is 1.55. The van der Waals surface area contributed by atoms with Crippen molar-refractivity contribution in [1.29, 1.82) is 0 Å². The molecule has 0 heteroatoms. The highest BCUT2D eigenvalue weighted by Gasteiger charge is 1.79. The molecule has 0 nitrogen and oxygen atoms in total. The van der Waals surface area contributed by atoms with E-state index >= 15 is 0 Å². The van der Waals surface area contributed by atoms with Crippen molar-refractivity contribution in [3.63, 3.8) is 0 Å². The van der Waals surface area contributed by atoms with E-state index in [1.165, 1.54) is 25.7 Å². The molecule has 1 aliphatic rings. The summed E-state index contributed by atoms with van der Waals surface area (Å²) in [5.74, 6) is 0. The van der Waals surface area contributed by atoms with Crippen molar-refractivity contribution in [2.24, 2.45) is 0 Å². The van der Waals surface area contributed by atoms with E-state index in [0.29, 0.717) is 0 Å². The average molecular weight is 134 g/mol. The molecule has 0 spiro atoms. The average Bonchev–Trinajstić information content (AvgIpc) is 2.01. The molecule has 0 saturated heterocycles. The lowest BCUT2D eigenvalue weighted by molar-refractivity contribution is 0.998. The molecule has 0 N–H and O–H groups in total. The van der Waals surface area contributed by atoms with Gasteiger partial charge in [-0.3, -0.25) is 0 Å². The summed E-state index contributed by atoms with van der Waals surface area (Å²) in [6.07, 6.45) is 18.0. The summed E-state index contributed by atoms with van der Waals surface area (Å²) < 4.78 is 0. The predicted octanol–water partition coefficient (Wildman–Crippen LogP) is 3.23. The quantitative estimate of drug-likeness (QED) is 0.446. The van der Waals surface area contributed by atoms with Gasteiger partial charge in [0, 0.05) is 0 Å². The van der Waals surface area contributed by atoms with E-state index in [2.05, 4.69) is 36.5 Å². The van der Waals surface area contributed by atoms with Crippen LogP contribution in [0.2, 0.25) is 0 Å². The van der Waals surface area contributed by atoms with Crippen LogP contribution >= 0.6 is 0 Å². The third kappa shape index (κ3) is 3.29. The summed E-state index contributed by atoms with van der Waals surface area (Å²) in [5.41, 5.74) is 0. The molecule has 10 heavy (non-hydrogen) atoms. The van der Waals surface area contributed by atoms with Gasteiger partial charge in [0.15, 0.2) is 0 Å². The predicted molar refractivity (Wildman–Crippen MR) is 45.9 cm³/mol. The van der Waals surface area contributed by atoms with Crippen molar-refractivity contribution < 1.29 is 0 Å². The molecule has 0 heterocycles. The maximum absolute atomic E-state index is 2.27. The highest BCUT2D eigenvalue weighted by molar-refractivity contribution is 5.04. The van der Waals surface area contributed by atoms with Gasteiger partial charge in [-0.05, 0) is 25.7 Å². The summed E-state index contributed by atoms with van der Waals surface area (Å²) >= 11 is 0. The topological polar surface area (TPSA) is 0 Å². The smallest absolute Gasteiger partial charge is 0.0313 e. The number of hydrogen-bond donors (Lipinski definition) is 0. The molecule has 0 atom stereocenters. The normalized spacial score (nSPS) is 28.8. The maximum atomic E-state index is 2.27. The lowest BCUT2D eigenvalue weighted by atomic mass is 10.2. The first kappa shape index (κ1) is 7.33. The molecule has 1 rings (SSSR count). The largest absolute Gasteiger partial charge is 0.0882 e. The number of allylic oxidation sites excluding steroid dienone is 6. The molecule has 0 saturated carbocycles. The Hall–Kier alpha value is -0.780. The molecule has 0 radical (unpaired) electrons. The van der Waals surface area contributed by atoms with E-state index in [1.54, 1.807) is 0 Å². The summed E-state index contributed by atoms with van der Waals surface area (Å²) in [6, 6.07) is 0. The molecular weight excluding hydrogens is 120 g/mol. The second-order valence-corrected chi connectivity index (χ2v) is 2.48. The lowest BCUT2D eigenvalue weighted by Crippen LogP contribution is -1.69. The van der Waals surface area contributed by atoms with Crippen molar-refractivity contribution >= 4 is 0 Å². The molecule has 0 aromatic carbocycles. The highest BCUT2D eigenvalue weighted by Crippen LogP contribution is 2.00. The zero-order valence-electron chi connectivity index (χ0n) is 6.29. The van der Waals surface area contributed by atoms with Gasteiger partial charge in [0.25, 0.3) is 0 Å². The van der Waals surface area contributed by atoms with Crippen molar-refractivity contribution in [3.05, 3.63) is 36.5 Å². The van der Waals surface area contributed by atoms with E-state index in [4.69, 9.17) is 0 Å². The number of rotatable bonds is 0. The summed E-state index contributed by atoms with van der Waals surface area (Å²) in [7, 11) is 0. The molecule has 0 unspecified atom stereocenters. The Morgan fingerprint density at radius 2 is 0.900 bits per heavy atom. The molecule has 0 bridgehead atoms. The standard InChI is InChI=1S/C10H14/c1-2-4-6-8-10-9-7-5-3-1/h1-4,9-10H,5-8H2/b3-1-,4-2+,10-9-. The van der Waals surface area contributed by atoms with Crippen LogP contribution in [0.1, 0.15) is 25.7 Å². The van der Waals surface area contributed by atoms with Crippen LogP contribution < -0.4 is 0 Å². The molecule has 0 amide bonds. The summed E-state index contributed by atoms with van der Waals surface area (Å²) in [6.45, 7) is 0.